The summed E-state index contributed by atoms with van der Waals surface area (Å²) in [6.07, 6.45) is 13.3. The second-order valence-corrected chi connectivity index (χ2v) is 7.90. The summed E-state index contributed by atoms with van der Waals surface area (Å²) >= 11 is 0. The number of hydrogen-bond acceptors (Lipinski definition) is 4. The van der Waals surface area contributed by atoms with Crippen LogP contribution in [0.3, 0.4) is 0 Å². The van der Waals surface area contributed by atoms with Crippen LogP contribution in [0.4, 0.5) is 0 Å². The van der Waals surface area contributed by atoms with E-state index in [0.717, 1.165) is 69.5 Å². The van der Waals surface area contributed by atoms with Crippen molar-refractivity contribution in [2.24, 2.45) is 5.41 Å². The van der Waals surface area contributed by atoms with Gasteiger partial charge >= 0.3 is 0 Å². The van der Waals surface area contributed by atoms with E-state index in [2.05, 4.69) is 16.0 Å². The maximum absolute atomic E-state index is 12.7. The second kappa shape index (κ2) is 7.78. The summed E-state index contributed by atoms with van der Waals surface area (Å²) in [6, 6.07) is 3.79. The quantitative estimate of drug-likeness (QED) is 0.830. The number of piperidine rings is 1. The van der Waals surface area contributed by atoms with E-state index in [1.54, 1.807) is 12.4 Å². The first kappa shape index (κ1) is 17.5. The molecule has 0 N–H and O–H groups in total. The molecule has 0 unspecified atom stereocenters. The van der Waals surface area contributed by atoms with Gasteiger partial charge in [0.05, 0.1) is 18.9 Å². The van der Waals surface area contributed by atoms with Gasteiger partial charge in [-0.15, -0.1) is 0 Å². The molecule has 5 nitrogen and oxygen atoms in total. The van der Waals surface area contributed by atoms with E-state index in [9.17, 15) is 4.79 Å². The molecule has 2 fully saturated rings. The third kappa shape index (κ3) is 3.93. The lowest BCUT2D eigenvalue weighted by Crippen LogP contribution is -2.44. The van der Waals surface area contributed by atoms with Crippen molar-refractivity contribution in [3.05, 3.63) is 36.2 Å². The van der Waals surface area contributed by atoms with Gasteiger partial charge in [-0.25, -0.2) is 0 Å². The molecule has 1 aromatic rings. The van der Waals surface area contributed by atoms with Crippen molar-refractivity contribution < 1.29 is 14.3 Å². The third-order valence-corrected chi connectivity index (χ3v) is 6.03. The minimum absolute atomic E-state index is 0.138. The molecule has 0 bridgehead atoms. The molecular weight excluding hydrogens is 328 g/mol. The zero-order valence-corrected chi connectivity index (χ0v) is 15.4. The Balaban J connectivity index is 1.26. The van der Waals surface area contributed by atoms with E-state index in [4.69, 9.17) is 9.47 Å². The van der Waals surface area contributed by atoms with Gasteiger partial charge in [0.1, 0.15) is 12.4 Å². The minimum atomic E-state index is 0.138. The number of amides is 1. The predicted octanol–water partition coefficient (Wildman–Crippen LogP) is 3.36. The Kier molecular flexibility index (Phi) is 5.25. The number of rotatable bonds is 4. The maximum Gasteiger partial charge on any atom is 0.249 e. The fourth-order valence-corrected chi connectivity index (χ4v) is 4.39. The van der Waals surface area contributed by atoms with Gasteiger partial charge in [0.2, 0.25) is 5.91 Å². The molecule has 4 rings (SSSR count). The molecule has 0 saturated carbocycles. The standard InChI is InChI=1S/C21H28N2O3/c24-20(17-5-2-1-3-6-17)23-11-8-21(9-12-23)13-19(26-16-21)15-25-18-7-4-10-22-14-18/h4-5,7,10,14,19H,1-3,6,8-9,11-13,15-16H2/t19-/m0/s1. The predicted molar refractivity (Wildman–Crippen MR) is 98.9 cm³/mol. The highest BCUT2D eigenvalue weighted by atomic mass is 16.5. The van der Waals surface area contributed by atoms with Crippen molar-refractivity contribution in [2.45, 2.75) is 51.0 Å². The van der Waals surface area contributed by atoms with Crippen LogP contribution in [0, 0.1) is 5.41 Å². The highest BCUT2D eigenvalue weighted by Crippen LogP contribution is 2.42. The number of ether oxygens (including phenoxy) is 2. The number of carbonyl (C=O) groups excluding carboxylic acids is 1. The smallest absolute Gasteiger partial charge is 0.249 e. The van der Waals surface area contributed by atoms with Crippen LogP contribution in [0.5, 0.6) is 5.75 Å². The third-order valence-electron chi connectivity index (χ3n) is 6.03. The average molecular weight is 356 g/mol. The zero-order valence-electron chi connectivity index (χ0n) is 15.4. The van der Waals surface area contributed by atoms with Crippen LogP contribution in [0.25, 0.3) is 0 Å². The Morgan fingerprint density at radius 3 is 2.96 bits per heavy atom. The van der Waals surface area contributed by atoms with E-state index in [1.165, 1.54) is 6.42 Å². The maximum atomic E-state index is 12.7. The SMILES string of the molecule is O=C(C1=CCCCC1)N1CCC2(CC1)CO[C@H](COc1cccnc1)C2. The van der Waals surface area contributed by atoms with Crippen LogP contribution < -0.4 is 4.74 Å². The van der Waals surface area contributed by atoms with Gasteiger partial charge < -0.3 is 14.4 Å². The number of hydrogen-bond donors (Lipinski definition) is 0. The van der Waals surface area contributed by atoms with Gasteiger partial charge in [-0.1, -0.05) is 6.08 Å². The van der Waals surface area contributed by atoms with E-state index in [0.29, 0.717) is 6.61 Å². The molecule has 1 spiro atoms. The normalized spacial score (nSPS) is 25.2. The lowest BCUT2D eigenvalue weighted by atomic mass is 9.76. The summed E-state index contributed by atoms with van der Waals surface area (Å²) in [5, 5.41) is 0. The molecule has 2 aliphatic heterocycles. The van der Waals surface area contributed by atoms with Crippen LogP contribution in [-0.2, 0) is 9.53 Å². The molecule has 1 atom stereocenters. The molecule has 3 heterocycles. The topological polar surface area (TPSA) is 51.7 Å². The van der Waals surface area contributed by atoms with Gasteiger partial charge in [-0.2, -0.15) is 0 Å². The van der Waals surface area contributed by atoms with Crippen LogP contribution in [0.1, 0.15) is 44.9 Å². The van der Waals surface area contributed by atoms with Crippen LogP contribution in [0.2, 0.25) is 0 Å². The molecule has 1 aliphatic carbocycles. The Morgan fingerprint density at radius 1 is 1.35 bits per heavy atom. The molecule has 1 aromatic heterocycles. The van der Waals surface area contributed by atoms with E-state index < -0.39 is 0 Å². The first-order chi connectivity index (χ1) is 12.7. The number of allylic oxidation sites excluding steroid dienone is 1. The molecular formula is C21H28N2O3. The van der Waals surface area contributed by atoms with E-state index in [-0.39, 0.29) is 17.4 Å². The van der Waals surface area contributed by atoms with Gasteiger partial charge in [-0.3, -0.25) is 9.78 Å². The Labute approximate surface area is 155 Å². The van der Waals surface area contributed by atoms with Gasteiger partial charge in [0, 0.05) is 24.9 Å². The number of carbonyl (C=O) groups is 1. The average Bonchev–Trinajstić information content (AvgIpc) is 3.10. The number of nitrogens with zero attached hydrogens (tertiary/aromatic N) is 2. The van der Waals surface area contributed by atoms with E-state index >= 15 is 0 Å². The molecule has 3 aliphatic rings. The zero-order chi connectivity index (χ0) is 17.8. The molecule has 5 heteroatoms. The summed E-state index contributed by atoms with van der Waals surface area (Å²) < 4.78 is 11.8. The monoisotopic (exact) mass is 356 g/mol. The van der Waals surface area contributed by atoms with Gasteiger partial charge in [0.15, 0.2) is 0 Å². The van der Waals surface area contributed by atoms with Crippen molar-refractivity contribution >= 4 is 5.91 Å². The Hall–Kier alpha value is -1.88. The summed E-state index contributed by atoms with van der Waals surface area (Å²) in [5.74, 6) is 1.06. The van der Waals surface area contributed by atoms with Crippen molar-refractivity contribution in [2.75, 3.05) is 26.3 Å². The first-order valence-electron chi connectivity index (χ1n) is 9.87. The van der Waals surface area contributed by atoms with Crippen molar-refractivity contribution in [3.8, 4) is 5.75 Å². The minimum Gasteiger partial charge on any atom is -0.489 e. The largest absolute Gasteiger partial charge is 0.489 e. The molecule has 140 valence electrons. The molecule has 26 heavy (non-hydrogen) atoms. The summed E-state index contributed by atoms with van der Waals surface area (Å²) in [6.45, 7) is 3.08. The first-order valence-corrected chi connectivity index (χ1v) is 9.87. The summed E-state index contributed by atoms with van der Waals surface area (Å²) in [4.78, 5) is 18.8. The Bertz CT molecular complexity index is 650. The molecule has 1 amide bonds. The second-order valence-electron chi connectivity index (χ2n) is 7.90. The summed E-state index contributed by atoms with van der Waals surface area (Å²) in [5.41, 5.74) is 1.26. The van der Waals surface area contributed by atoms with E-state index in [1.807, 2.05) is 12.1 Å². The fourth-order valence-electron chi connectivity index (χ4n) is 4.39. The highest BCUT2D eigenvalue weighted by Gasteiger charge is 2.43. The van der Waals surface area contributed by atoms with Crippen LogP contribution in [-0.4, -0.2) is 48.2 Å². The number of likely N-dealkylation sites (tertiary alicyclic amines) is 1. The number of pyridine rings is 1. The lowest BCUT2D eigenvalue weighted by molar-refractivity contribution is -0.129. The van der Waals surface area contributed by atoms with Crippen LogP contribution >= 0.6 is 0 Å². The molecule has 2 saturated heterocycles. The Morgan fingerprint density at radius 2 is 2.23 bits per heavy atom. The van der Waals surface area contributed by atoms with Crippen molar-refractivity contribution in [3.63, 3.8) is 0 Å². The number of aromatic nitrogens is 1. The van der Waals surface area contributed by atoms with Crippen molar-refractivity contribution in [1.29, 1.82) is 0 Å². The fraction of sp³-hybridized carbons (Fsp3) is 0.619. The molecule has 0 aromatic carbocycles. The summed E-state index contributed by atoms with van der Waals surface area (Å²) in [7, 11) is 0. The van der Waals surface area contributed by atoms with Gasteiger partial charge in [-0.05, 0) is 62.5 Å². The lowest BCUT2D eigenvalue weighted by Gasteiger charge is -2.39. The van der Waals surface area contributed by atoms with Crippen molar-refractivity contribution in [1.82, 2.24) is 9.88 Å². The highest BCUT2D eigenvalue weighted by molar-refractivity contribution is 5.93. The molecule has 0 radical (unpaired) electrons. The van der Waals surface area contributed by atoms with Crippen LogP contribution in [0.15, 0.2) is 36.2 Å². The van der Waals surface area contributed by atoms with Gasteiger partial charge in [0.25, 0.3) is 0 Å².